The first-order chi connectivity index (χ1) is 12.6. The standard InChI is InChI=1S/C19H20N2O4S2/c1-11(2)24-17-10-14(8-12-9-16(19(20)26)21-18(12)17)25-13-4-6-15(7-5-13)27(3,22)23/h4-11,21H,1-3H3,(H2,20,26). The number of hydrogen-bond acceptors (Lipinski definition) is 5. The van der Waals surface area contributed by atoms with E-state index in [-0.39, 0.29) is 16.0 Å². The fourth-order valence-electron chi connectivity index (χ4n) is 2.61. The Kier molecular flexibility index (Phi) is 5.12. The van der Waals surface area contributed by atoms with Crippen molar-refractivity contribution < 1.29 is 17.9 Å². The highest BCUT2D eigenvalue weighted by Crippen LogP contribution is 2.34. The molecule has 0 aliphatic carbocycles. The fourth-order valence-corrected chi connectivity index (χ4v) is 3.35. The Bertz CT molecular complexity index is 1100. The van der Waals surface area contributed by atoms with Crippen LogP contribution < -0.4 is 15.2 Å². The summed E-state index contributed by atoms with van der Waals surface area (Å²) in [7, 11) is -3.25. The summed E-state index contributed by atoms with van der Waals surface area (Å²) in [6.45, 7) is 3.86. The number of benzene rings is 2. The number of aromatic amines is 1. The van der Waals surface area contributed by atoms with Crippen LogP contribution in [-0.2, 0) is 9.84 Å². The van der Waals surface area contributed by atoms with Gasteiger partial charge in [-0.25, -0.2) is 8.42 Å². The first kappa shape index (κ1) is 19.2. The van der Waals surface area contributed by atoms with Crippen molar-refractivity contribution in [3.63, 3.8) is 0 Å². The molecule has 0 spiro atoms. The van der Waals surface area contributed by atoms with E-state index in [0.717, 1.165) is 17.2 Å². The topological polar surface area (TPSA) is 94.4 Å². The average Bonchev–Trinajstić information content (AvgIpc) is 2.99. The molecule has 0 amide bonds. The van der Waals surface area contributed by atoms with Crippen molar-refractivity contribution in [2.45, 2.75) is 24.8 Å². The molecule has 0 saturated heterocycles. The molecule has 0 aliphatic heterocycles. The minimum atomic E-state index is -3.25. The van der Waals surface area contributed by atoms with Crippen LogP contribution in [0.1, 0.15) is 19.5 Å². The molecule has 1 heterocycles. The lowest BCUT2D eigenvalue weighted by Crippen LogP contribution is -2.09. The zero-order chi connectivity index (χ0) is 19.8. The zero-order valence-electron chi connectivity index (χ0n) is 15.1. The van der Waals surface area contributed by atoms with E-state index in [0.29, 0.717) is 22.9 Å². The van der Waals surface area contributed by atoms with E-state index in [1.165, 1.54) is 12.1 Å². The summed E-state index contributed by atoms with van der Waals surface area (Å²) in [6.07, 6.45) is 1.13. The Morgan fingerprint density at radius 3 is 2.33 bits per heavy atom. The number of rotatable bonds is 6. The highest BCUT2D eigenvalue weighted by molar-refractivity contribution is 7.90. The number of hydrogen-bond donors (Lipinski definition) is 2. The quantitative estimate of drug-likeness (QED) is 0.607. The van der Waals surface area contributed by atoms with E-state index in [1.54, 1.807) is 18.2 Å². The summed E-state index contributed by atoms with van der Waals surface area (Å²) in [5.41, 5.74) is 7.14. The minimum absolute atomic E-state index is 0.0333. The predicted octanol–water partition coefficient (Wildman–Crippen LogP) is 3.79. The van der Waals surface area contributed by atoms with Gasteiger partial charge in [0.25, 0.3) is 0 Å². The van der Waals surface area contributed by atoms with Crippen molar-refractivity contribution in [1.82, 2.24) is 4.98 Å². The van der Waals surface area contributed by atoms with Gasteiger partial charge in [0.2, 0.25) is 0 Å². The molecule has 6 nitrogen and oxygen atoms in total. The van der Waals surface area contributed by atoms with Crippen molar-refractivity contribution >= 4 is 37.9 Å². The van der Waals surface area contributed by atoms with Crippen molar-refractivity contribution in [1.29, 1.82) is 0 Å². The van der Waals surface area contributed by atoms with E-state index in [9.17, 15) is 8.42 Å². The second kappa shape index (κ2) is 7.21. The van der Waals surface area contributed by atoms with Crippen molar-refractivity contribution in [2.75, 3.05) is 6.26 Å². The normalized spacial score (nSPS) is 11.7. The molecule has 0 radical (unpaired) electrons. The van der Waals surface area contributed by atoms with E-state index < -0.39 is 9.84 Å². The third-order valence-corrected chi connectivity index (χ3v) is 5.13. The van der Waals surface area contributed by atoms with E-state index in [4.69, 9.17) is 27.4 Å². The van der Waals surface area contributed by atoms with Gasteiger partial charge in [-0.2, -0.15) is 0 Å². The molecule has 0 unspecified atom stereocenters. The Labute approximate surface area is 163 Å². The molecule has 0 bridgehead atoms. The molecule has 3 aromatic rings. The van der Waals surface area contributed by atoms with Crippen LogP contribution in [0, 0.1) is 0 Å². The summed E-state index contributed by atoms with van der Waals surface area (Å²) in [6, 6.07) is 11.7. The predicted molar refractivity (Wildman–Crippen MR) is 110 cm³/mol. The number of sulfone groups is 1. The summed E-state index contributed by atoms with van der Waals surface area (Å²) < 4.78 is 34.9. The van der Waals surface area contributed by atoms with Crippen LogP contribution in [0.5, 0.6) is 17.2 Å². The van der Waals surface area contributed by atoms with Crippen LogP contribution >= 0.6 is 12.2 Å². The number of fused-ring (bicyclic) bond motifs is 1. The summed E-state index contributed by atoms with van der Waals surface area (Å²) in [5.74, 6) is 1.69. The highest BCUT2D eigenvalue weighted by Gasteiger charge is 2.13. The molecular formula is C19H20N2O4S2. The van der Waals surface area contributed by atoms with Crippen LogP contribution in [0.15, 0.2) is 47.4 Å². The number of ether oxygens (including phenoxy) is 2. The van der Waals surface area contributed by atoms with Crippen molar-refractivity contribution in [2.24, 2.45) is 5.73 Å². The van der Waals surface area contributed by atoms with Gasteiger partial charge in [-0.1, -0.05) is 12.2 Å². The minimum Gasteiger partial charge on any atom is -0.489 e. The van der Waals surface area contributed by atoms with E-state index >= 15 is 0 Å². The van der Waals surface area contributed by atoms with Gasteiger partial charge >= 0.3 is 0 Å². The maximum Gasteiger partial charge on any atom is 0.175 e. The molecule has 8 heteroatoms. The average molecular weight is 405 g/mol. The van der Waals surface area contributed by atoms with Crippen molar-refractivity contribution in [3.05, 3.63) is 48.2 Å². The Balaban J connectivity index is 1.99. The third-order valence-electron chi connectivity index (χ3n) is 3.78. The molecule has 0 saturated carbocycles. The van der Waals surface area contributed by atoms with E-state index in [2.05, 4.69) is 4.98 Å². The maximum atomic E-state index is 11.6. The lowest BCUT2D eigenvalue weighted by atomic mass is 10.2. The number of nitrogens with one attached hydrogen (secondary N) is 1. The van der Waals surface area contributed by atoms with Crippen LogP contribution in [-0.4, -0.2) is 30.8 Å². The van der Waals surface area contributed by atoms with Gasteiger partial charge in [0.15, 0.2) is 9.84 Å². The Morgan fingerprint density at radius 2 is 1.78 bits per heavy atom. The summed E-state index contributed by atoms with van der Waals surface area (Å²) in [4.78, 5) is 3.67. The SMILES string of the molecule is CC(C)Oc1cc(Oc2ccc(S(C)(=O)=O)cc2)cc2cc(C(N)=S)[nH]c12. The molecule has 1 aromatic heterocycles. The first-order valence-corrected chi connectivity index (χ1v) is 10.5. The van der Waals surface area contributed by atoms with Crippen LogP contribution in [0.2, 0.25) is 0 Å². The fraction of sp³-hybridized carbons (Fsp3) is 0.211. The van der Waals surface area contributed by atoms with Gasteiger partial charge in [0.1, 0.15) is 22.2 Å². The maximum absolute atomic E-state index is 11.6. The van der Waals surface area contributed by atoms with Crippen LogP contribution in [0.3, 0.4) is 0 Å². The van der Waals surface area contributed by atoms with Crippen LogP contribution in [0.4, 0.5) is 0 Å². The van der Waals surface area contributed by atoms with Crippen molar-refractivity contribution in [3.8, 4) is 17.2 Å². The number of thiocarbonyl (C=S) groups is 1. The molecule has 3 N–H and O–H groups in total. The van der Waals surface area contributed by atoms with E-state index in [1.807, 2.05) is 26.0 Å². The van der Waals surface area contributed by atoms with Gasteiger partial charge in [0, 0.05) is 17.7 Å². The Morgan fingerprint density at radius 1 is 1.11 bits per heavy atom. The molecule has 0 aliphatic rings. The molecule has 27 heavy (non-hydrogen) atoms. The molecular weight excluding hydrogens is 384 g/mol. The second-order valence-corrected chi connectivity index (χ2v) is 8.90. The molecule has 0 atom stereocenters. The zero-order valence-corrected chi connectivity index (χ0v) is 16.8. The molecule has 0 fully saturated rings. The van der Waals surface area contributed by atoms with Gasteiger partial charge in [0.05, 0.1) is 22.2 Å². The smallest absolute Gasteiger partial charge is 0.175 e. The summed E-state index contributed by atoms with van der Waals surface area (Å²) >= 11 is 5.04. The molecule has 142 valence electrons. The lowest BCUT2D eigenvalue weighted by Gasteiger charge is -2.13. The number of aromatic nitrogens is 1. The van der Waals surface area contributed by atoms with Gasteiger partial charge in [-0.15, -0.1) is 0 Å². The highest BCUT2D eigenvalue weighted by atomic mass is 32.2. The number of nitrogens with two attached hydrogens (primary N) is 1. The third kappa shape index (κ3) is 4.40. The lowest BCUT2D eigenvalue weighted by molar-refractivity contribution is 0.244. The number of H-pyrrole nitrogens is 1. The molecule has 3 rings (SSSR count). The molecule has 2 aromatic carbocycles. The largest absolute Gasteiger partial charge is 0.489 e. The van der Waals surface area contributed by atoms with Crippen LogP contribution in [0.25, 0.3) is 10.9 Å². The van der Waals surface area contributed by atoms with Gasteiger partial charge in [-0.3, -0.25) is 0 Å². The first-order valence-electron chi connectivity index (χ1n) is 8.24. The summed E-state index contributed by atoms with van der Waals surface area (Å²) in [5, 5.41) is 0.846. The van der Waals surface area contributed by atoms with Gasteiger partial charge in [-0.05, 0) is 50.2 Å². The second-order valence-electron chi connectivity index (χ2n) is 6.45. The van der Waals surface area contributed by atoms with Gasteiger partial charge < -0.3 is 20.2 Å². The Hall–Kier alpha value is -2.58. The monoisotopic (exact) mass is 404 g/mol.